The first kappa shape index (κ1) is 11.5. The van der Waals surface area contributed by atoms with Crippen LogP contribution in [0.2, 0.25) is 0 Å². The minimum Gasteiger partial charge on any atom is -0.508 e. The molecule has 0 aromatic heterocycles. The van der Waals surface area contributed by atoms with Crippen molar-refractivity contribution in [1.29, 1.82) is 0 Å². The summed E-state index contributed by atoms with van der Waals surface area (Å²) < 4.78 is 0. The number of hydrogen-bond acceptors (Lipinski definition) is 4. The summed E-state index contributed by atoms with van der Waals surface area (Å²) in [5.74, 6) is 0.181. The van der Waals surface area contributed by atoms with Crippen molar-refractivity contribution in [2.45, 2.75) is 24.9 Å². The fourth-order valence-corrected chi connectivity index (χ4v) is 3.83. The molecule has 0 aliphatic carbocycles. The van der Waals surface area contributed by atoms with Crippen molar-refractivity contribution < 1.29 is 9.90 Å². The Morgan fingerprint density at radius 2 is 2.17 bits per heavy atom. The Labute approximate surface area is 107 Å². The van der Waals surface area contributed by atoms with Gasteiger partial charge in [-0.3, -0.25) is 9.69 Å². The molecule has 2 aliphatic rings. The van der Waals surface area contributed by atoms with Crippen LogP contribution in [0.3, 0.4) is 0 Å². The van der Waals surface area contributed by atoms with Gasteiger partial charge < -0.3 is 10.0 Å². The van der Waals surface area contributed by atoms with Crippen LogP contribution in [-0.4, -0.2) is 43.1 Å². The van der Waals surface area contributed by atoms with Gasteiger partial charge in [-0.2, -0.15) is 0 Å². The molecule has 2 heterocycles. The lowest BCUT2D eigenvalue weighted by Crippen LogP contribution is -2.45. The third kappa shape index (κ3) is 1.21. The van der Waals surface area contributed by atoms with Crippen LogP contribution in [0.4, 0.5) is 5.69 Å². The maximum atomic E-state index is 11.2. The van der Waals surface area contributed by atoms with E-state index in [0.29, 0.717) is 5.56 Å². The van der Waals surface area contributed by atoms with Crippen LogP contribution in [0.5, 0.6) is 5.75 Å². The molecule has 1 unspecified atom stereocenters. The lowest BCUT2D eigenvalue weighted by Gasteiger charge is -2.32. The van der Waals surface area contributed by atoms with Gasteiger partial charge in [0.1, 0.15) is 5.75 Å². The molecular weight excluding hydrogens is 228 g/mol. The fraction of sp³-hybridized carbons (Fsp3) is 0.500. The molecule has 1 saturated heterocycles. The van der Waals surface area contributed by atoms with Crippen molar-refractivity contribution in [2.24, 2.45) is 0 Å². The van der Waals surface area contributed by atoms with Crippen LogP contribution in [0.25, 0.3) is 0 Å². The normalized spacial score (nSPS) is 30.4. The van der Waals surface area contributed by atoms with E-state index in [1.807, 2.05) is 13.1 Å². The first-order valence-corrected chi connectivity index (χ1v) is 6.25. The van der Waals surface area contributed by atoms with Gasteiger partial charge in [0.25, 0.3) is 0 Å². The minimum absolute atomic E-state index is 0.00463. The number of aromatic hydroxyl groups is 1. The molecule has 4 heteroatoms. The zero-order valence-corrected chi connectivity index (χ0v) is 11.0. The van der Waals surface area contributed by atoms with E-state index in [1.165, 1.54) is 0 Å². The number of aldehydes is 1. The average molecular weight is 246 g/mol. The van der Waals surface area contributed by atoms with E-state index in [4.69, 9.17) is 0 Å². The number of likely N-dealkylation sites (tertiary alicyclic amines) is 1. The van der Waals surface area contributed by atoms with Crippen molar-refractivity contribution in [3.8, 4) is 5.75 Å². The van der Waals surface area contributed by atoms with Crippen LogP contribution >= 0.6 is 0 Å². The zero-order chi connectivity index (χ0) is 13.1. The number of hydrogen-bond donors (Lipinski definition) is 1. The van der Waals surface area contributed by atoms with Crippen LogP contribution in [-0.2, 0) is 5.41 Å². The second-order valence-electron chi connectivity index (χ2n) is 5.68. The predicted molar refractivity (Wildman–Crippen MR) is 70.3 cm³/mol. The number of benzene rings is 1. The standard InChI is InChI=1S/C14H18N2O2/c1-14-4-5-15(2)13(14)16(3)12-9(8-17)6-10(18)7-11(12)14/h6-8,13,18H,4-5H2,1-3H3/t13?,14-/m0/s1. The monoisotopic (exact) mass is 246 g/mol. The number of carbonyl (C=O) groups is 1. The highest BCUT2D eigenvalue weighted by atomic mass is 16.3. The van der Waals surface area contributed by atoms with Gasteiger partial charge in [0.05, 0.1) is 11.9 Å². The van der Waals surface area contributed by atoms with Gasteiger partial charge in [0.2, 0.25) is 0 Å². The quantitative estimate of drug-likeness (QED) is 0.764. The summed E-state index contributed by atoms with van der Waals surface area (Å²) in [7, 11) is 4.14. The van der Waals surface area contributed by atoms with E-state index >= 15 is 0 Å². The van der Waals surface area contributed by atoms with E-state index in [0.717, 1.165) is 30.5 Å². The average Bonchev–Trinajstić information content (AvgIpc) is 2.74. The van der Waals surface area contributed by atoms with Gasteiger partial charge in [-0.15, -0.1) is 0 Å². The number of rotatable bonds is 1. The highest BCUT2D eigenvalue weighted by Gasteiger charge is 2.52. The predicted octanol–water partition coefficient (Wildman–Crippen LogP) is 1.57. The van der Waals surface area contributed by atoms with Crippen LogP contribution in [0.1, 0.15) is 29.3 Å². The third-order valence-electron chi connectivity index (χ3n) is 4.56. The smallest absolute Gasteiger partial charge is 0.152 e. The fourth-order valence-electron chi connectivity index (χ4n) is 3.83. The maximum Gasteiger partial charge on any atom is 0.152 e. The summed E-state index contributed by atoms with van der Waals surface area (Å²) in [5, 5.41) is 9.80. The number of nitrogens with zero attached hydrogens (tertiary/aromatic N) is 2. The maximum absolute atomic E-state index is 11.2. The lowest BCUT2D eigenvalue weighted by atomic mass is 9.81. The zero-order valence-electron chi connectivity index (χ0n) is 11.0. The molecule has 0 amide bonds. The van der Waals surface area contributed by atoms with Crippen LogP contribution < -0.4 is 4.90 Å². The molecule has 1 aromatic rings. The topological polar surface area (TPSA) is 43.8 Å². The molecule has 18 heavy (non-hydrogen) atoms. The minimum atomic E-state index is -0.00463. The van der Waals surface area contributed by atoms with Gasteiger partial charge in [-0.25, -0.2) is 0 Å². The first-order chi connectivity index (χ1) is 8.49. The molecule has 1 aromatic carbocycles. The summed E-state index contributed by atoms with van der Waals surface area (Å²) in [6.07, 6.45) is 2.15. The summed E-state index contributed by atoms with van der Waals surface area (Å²) in [4.78, 5) is 15.7. The first-order valence-electron chi connectivity index (χ1n) is 6.25. The van der Waals surface area contributed by atoms with Gasteiger partial charge >= 0.3 is 0 Å². The Bertz CT molecular complexity index is 529. The summed E-state index contributed by atoms with van der Waals surface area (Å²) >= 11 is 0. The van der Waals surface area contributed by atoms with Crippen molar-refractivity contribution in [3.05, 3.63) is 23.3 Å². The van der Waals surface area contributed by atoms with Gasteiger partial charge in [-0.05, 0) is 31.2 Å². The Morgan fingerprint density at radius 1 is 1.44 bits per heavy atom. The molecule has 0 saturated carbocycles. The second kappa shape index (κ2) is 3.48. The Hall–Kier alpha value is -1.55. The summed E-state index contributed by atoms with van der Waals surface area (Å²) in [6.45, 7) is 3.26. The van der Waals surface area contributed by atoms with Crippen molar-refractivity contribution >= 4 is 12.0 Å². The molecular formula is C14H18N2O2. The number of fused-ring (bicyclic) bond motifs is 3. The number of carbonyl (C=O) groups excluding carboxylic acids is 1. The van der Waals surface area contributed by atoms with E-state index < -0.39 is 0 Å². The Morgan fingerprint density at radius 3 is 2.83 bits per heavy atom. The molecule has 0 radical (unpaired) electrons. The number of phenolic OH excluding ortho intramolecular Hbond substituents is 1. The van der Waals surface area contributed by atoms with E-state index in [1.54, 1.807) is 6.07 Å². The summed E-state index contributed by atoms with van der Waals surface area (Å²) in [6, 6.07) is 3.37. The number of anilines is 1. The number of likely N-dealkylation sites (N-methyl/N-ethyl adjacent to an activating group) is 2. The van der Waals surface area contributed by atoms with E-state index in [-0.39, 0.29) is 17.3 Å². The third-order valence-corrected chi connectivity index (χ3v) is 4.56. The largest absolute Gasteiger partial charge is 0.508 e. The van der Waals surface area contributed by atoms with Crippen molar-refractivity contribution in [2.75, 3.05) is 25.5 Å². The van der Waals surface area contributed by atoms with Crippen molar-refractivity contribution in [1.82, 2.24) is 4.90 Å². The van der Waals surface area contributed by atoms with E-state index in [9.17, 15) is 9.90 Å². The highest BCUT2D eigenvalue weighted by molar-refractivity contribution is 5.89. The molecule has 1 N–H and O–H groups in total. The van der Waals surface area contributed by atoms with Crippen molar-refractivity contribution in [3.63, 3.8) is 0 Å². The lowest BCUT2D eigenvalue weighted by molar-refractivity contribution is 0.112. The molecule has 3 rings (SSSR count). The molecule has 2 atom stereocenters. The van der Waals surface area contributed by atoms with Gasteiger partial charge in [-0.1, -0.05) is 6.92 Å². The second-order valence-corrected chi connectivity index (χ2v) is 5.68. The van der Waals surface area contributed by atoms with E-state index in [2.05, 4.69) is 23.8 Å². The van der Waals surface area contributed by atoms with Gasteiger partial charge in [0.15, 0.2) is 6.29 Å². The molecule has 1 fully saturated rings. The molecule has 0 spiro atoms. The molecule has 2 aliphatic heterocycles. The molecule has 96 valence electrons. The summed E-state index contributed by atoms with van der Waals surface area (Å²) in [5.41, 5.74) is 2.65. The Balaban J connectivity index is 2.27. The highest BCUT2D eigenvalue weighted by Crippen LogP contribution is 2.52. The van der Waals surface area contributed by atoms with Gasteiger partial charge in [0, 0.05) is 24.6 Å². The number of phenols is 1. The Kier molecular flexibility index (Phi) is 2.23. The van der Waals surface area contributed by atoms with Crippen LogP contribution in [0.15, 0.2) is 12.1 Å². The molecule has 0 bridgehead atoms. The van der Waals surface area contributed by atoms with Crippen LogP contribution in [0, 0.1) is 0 Å². The SMILES string of the molecule is CN1CC[C@@]2(C)c3cc(O)cc(C=O)c3N(C)C12. The molecule has 4 nitrogen and oxygen atoms in total.